The van der Waals surface area contributed by atoms with Gasteiger partial charge in [-0.1, -0.05) is 6.07 Å². The van der Waals surface area contributed by atoms with Gasteiger partial charge in [-0.05, 0) is 36.4 Å². The van der Waals surface area contributed by atoms with E-state index in [1.807, 2.05) is 19.1 Å². The lowest BCUT2D eigenvalue weighted by atomic mass is 10.2. The number of aryl methyl sites for hydroxylation is 1. The second kappa shape index (κ2) is 4.94. The third-order valence-corrected chi connectivity index (χ3v) is 3.13. The standard InChI is InChI=1S/C12H11N5S/c1-7-2-3-8(6-13)9(4-7)18-12-16-10(14)5-11(15)17-12/h2-5H,1H3,(H4,14,15,16,17). The molecule has 6 heteroatoms. The molecule has 2 aromatic rings. The number of hydrogen-bond acceptors (Lipinski definition) is 6. The van der Waals surface area contributed by atoms with Crippen LogP contribution in [-0.2, 0) is 0 Å². The van der Waals surface area contributed by atoms with Crippen LogP contribution in [0.5, 0.6) is 0 Å². The average Bonchev–Trinajstić information content (AvgIpc) is 2.27. The van der Waals surface area contributed by atoms with Crippen LogP contribution in [-0.4, -0.2) is 9.97 Å². The molecule has 0 saturated carbocycles. The van der Waals surface area contributed by atoms with Gasteiger partial charge < -0.3 is 11.5 Å². The van der Waals surface area contributed by atoms with Crippen molar-refractivity contribution in [1.29, 1.82) is 5.26 Å². The molecule has 1 aromatic carbocycles. The molecular weight excluding hydrogens is 246 g/mol. The largest absolute Gasteiger partial charge is 0.383 e. The van der Waals surface area contributed by atoms with Crippen molar-refractivity contribution in [2.24, 2.45) is 0 Å². The summed E-state index contributed by atoms with van der Waals surface area (Å²) in [6.45, 7) is 1.96. The van der Waals surface area contributed by atoms with Crippen molar-refractivity contribution in [3.8, 4) is 6.07 Å². The summed E-state index contributed by atoms with van der Waals surface area (Å²) in [6, 6.07) is 9.19. The van der Waals surface area contributed by atoms with Crippen molar-refractivity contribution in [2.75, 3.05) is 11.5 Å². The summed E-state index contributed by atoms with van der Waals surface area (Å²) < 4.78 is 0. The Hall–Kier alpha value is -2.26. The SMILES string of the molecule is Cc1ccc(C#N)c(Sc2nc(N)cc(N)n2)c1. The van der Waals surface area contributed by atoms with Gasteiger partial charge in [-0.15, -0.1) is 0 Å². The van der Waals surface area contributed by atoms with Crippen molar-refractivity contribution in [3.63, 3.8) is 0 Å². The molecule has 2 rings (SSSR count). The van der Waals surface area contributed by atoms with E-state index < -0.39 is 0 Å². The summed E-state index contributed by atoms with van der Waals surface area (Å²) in [5.41, 5.74) is 12.9. The topological polar surface area (TPSA) is 102 Å². The quantitative estimate of drug-likeness (QED) is 0.797. The fraction of sp³-hybridized carbons (Fsp3) is 0.0833. The predicted octanol–water partition coefficient (Wildman–Crippen LogP) is 1.97. The van der Waals surface area contributed by atoms with Gasteiger partial charge in [0.25, 0.3) is 0 Å². The van der Waals surface area contributed by atoms with Crippen LogP contribution in [0.3, 0.4) is 0 Å². The highest BCUT2D eigenvalue weighted by molar-refractivity contribution is 7.99. The first-order valence-corrected chi connectivity index (χ1v) is 5.99. The van der Waals surface area contributed by atoms with Crippen molar-refractivity contribution in [1.82, 2.24) is 9.97 Å². The summed E-state index contributed by atoms with van der Waals surface area (Å²) in [5, 5.41) is 9.48. The van der Waals surface area contributed by atoms with E-state index in [2.05, 4.69) is 16.0 Å². The molecule has 0 atom stereocenters. The highest BCUT2D eigenvalue weighted by Gasteiger charge is 2.08. The normalized spacial score (nSPS) is 10.0. The minimum Gasteiger partial charge on any atom is -0.383 e. The zero-order valence-electron chi connectivity index (χ0n) is 9.71. The lowest BCUT2D eigenvalue weighted by Crippen LogP contribution is -1.99. The van der Waals surface area contributed by atoms with Crippen LogP contribution in [0.1, 0.15) is 11.1 Å². The van der Waals surface area contributed by atoms with E-state index in [-0.39, 0.29) is 0 Å². The van der Waals surface area contributed by atoms with Crippen LogP contribution in [0.2, 0.25) is 0 Å². The van der Waals surface area contributed by atoms with Crippen LogP contribution in [0.4, 0.5) is 11.6 Å². The highest BCUT2D eigenvalue weighted by atomic mass is 32.2. The average molecular weight is 257 g/mol. The Bertz CT molecular complexity index is 613. The Labute approximate surface area is 109 Å². The van der Waals surface area contributed by atoms with Crippen LogP contribution in [0.25, 0.3) is 0 Å². The maximum Gasteiger partial charge on any atom is 0.196 e. The summed E-state index contributed by atoms with van der Waals surface area (Å²) in [5.74, 6) is 0.632. The van der Waals surface area contributed by atoms with Crippen molar-refractivity contribution < 1.29 is 0 Å². The first-order chi connectivity index (χ1) is 8.58. The number of nitrogens with two attached hydrogens (primary N) is 2. The van der Waals surface area contributed by atoms with Crippen LogP contribution in [0, 0.1) is 18.3 Å². The zero-order chi connectivity index (χ0) is 13.1. The second-order valence-corrected chi connectivity index (χ2v) is 4.72. The molecule has 0 aliphatic rings. The number of rotatable bonds is 2. The van der Waals surface area contributed by atoms with Crippen LogP contribution >= 0.6 is 11.8 Å². The van der Waals surface area contributed by atoms with E-state index in [0.29, 0.717) is 22.4 Å². The number of aromatic nitrogens is 2. The Morgan fingerprint density at radius 2 is 1.83 bits per heavy atom. The van der Waals surface area contributed by atoms with Gasteiger partial charge >= 0.3 is 0 Å². The van der Waals surface area contributed by atoms with Gasteiger partial charge in [0.15, 0.2) is 5.16 Å². The maximum absolute atomic E-state index is 9.04. The molecule has 0 radical (unpaired) electrons. The Morgan fingerprint density at radius 3 is 2.44 bits per heavy atom. The molecule has 0 unspecified atom stereocenters. The lowest BCUT2D eigenvalue weighted by molar-refractivity contribution is 0.984. The molecular formula is C12H11N5S. The van der Waals surface area contributed by atoms with E-state index >= 15 is 0 Å². The van der Waals surface area contributed by atoms with E-state index in [4.69, 9.17) is 16.7 Å². The molecule has 0 spiro atoms. The number of nitrogens with zero attached hydrogens (tertiary/aromatic N) is 3. The predicted molar refractivity (Wildman–Crippen MR) is 70.9 cm³/mol. The minimum atomic E-state index is 0.316. The molecule has 0 saturated heterocycles. The van der Waals surface area contributed by atoms with E-state index in [9.17, 15) is 0 Å². The summed E-state index contributed by atoms with van der Waals surface area (Å²) in [7, 11) is 0. The van der Waals surface area contributed by atoms with Gasteiger partial charge in [0, 0.05) is 11.0 Å². The van der Waals surface area contributed by atoms with Gasteiger partial charge in [0.1, 0.15) is 17.7 Å². The van der Waals surface area contributed by atoms with E-state index in [0.717, 1.165) is 10.5 Å². The fourth-order valence-corrected chi connectivity index (χ4v) is 2.38. The molecule has 18 heavy (non-hydrogen) atoms. The molecule has 4 N–H and O–H groups in total. The van der Waals surface area contributed by atoms with Gasteiger partial charge in [-0.25, -0.2) is 9.97 Å². The van der Waals surface area contributed by atoms with Gasteiger partial charge in [-0.2, -0.15) is 5.26 Å². The van der Waals surface area contributed by atoms with Gasteiger partial charge in [-0.3, -0.25) is 0 Å². The Morgan fingerprint density at radius 1 is 1.17 bits per heavy atom. The Balaban J connectivity index is 2.39. The molecule has 0 amide bonds. The second-order valence-electron chi connectivity index (χ2n) is 3.71. The van der Waals surface area contributed by atoms with Crippen molar-refractivity contribution >= 4 is 23.4 Å². The molecule has 90 valence electrons. The van der Waals surface area contributed by atoms with Gasteiger partial charge in [0.05, 0.1) is 5.56 Å². The van der Waals surface area contributed by atoms with Gasteiger partial charge in [0.2, 0.25) is 0 Å². The summed E-state index contributed by atoms with van der Waals surface area (Å²) >= 11 is 1.28. The van der Waals surface area contributed by atoms with Crippen molar-refractivity contribution in [3.05, 3.63) is 35.4 Å². The summed E-state index contributed by atoms with van der Waals surface area (Å²) in [4.78, 5) is 8.94. The smallest absolute Gasteiger partial charge is 0.196 e. The minimum absolute atomic E-state index is 0.316. The molecule has 0 bridgehead atoms. The monoisotopic (exact) mass is 257 g/mol. The third kappa shape index (κ3) is 2.70. The first-order valence-electron chi connectivity index (χ1n) is 5.17. The molecule has 0 aliphatic heterocycles. The summed E-state index contributed by atoms with van der Waals surface area (Å²) in [6.07, 6.45) is 0. The maximum atomic E-state index is 9.04. The number of nitrogen functional groups attached to an aromatic ring is 2. The third-order valence-electron chi connectivity index (χ3n) is 2.20. The highest BCUT2D eigenvalue weighted by Crippen LogP contribution is 2.29. The molecule has 0 fully saturated rings. The fourth-order valence-electron chi connectivity index (χ4n) is 1.41. The van der Waals surface area contributed by atoms with Crippen LogP contribution in [0.15, 0.2) is 34.3 Å². The van der Waals surface area contributed by atoms with Crippen LogP contribution < -0.4 is 11.5 Å². The zero-order valence-corrected chi connectivity index (χ0v) is 10.5. The number of nitriles is 1. The number of benzene rings is 1. The van der Waals surface area contributed by atoms with E-state index in [1.54, 1.807) is 6.07 Å². The number of hydrogen-bond donors (Lipinski definition) is 2. The number of anilines is 2. The Kier molecular flexibility index (Phi) is 3.35. The molecule has 0 aliphatic carbocycles. The van der Waals surface area contributed by atoms with Crippen molar-refractivity contribution in [2.45, 2.75) is 17.0 Å². The molecule has 1 heterocycles. The first kappa shape index (κ1) is 12.2. The molecule has 5 nitrogen and oxygen atoms in total. The van der Waals surface area contributed by atoms with E-state index in [1.165, 1.54) is 17.8 Å². The molecule has 1 aromatic heterocycles. The lowest BCUT2D eigenvalue weighted by Gasteiger charge is -2.05.